The van der Waals surface area contributed by atoms with Crippen LogP contribution in [0, 0.1) is 5.82 Å². The summed E-state index contributed by atoms with van der Waals surface area (Å²) in [4.78, 5) is 23.0. The number of benzene rings is 2. The quantitative estimate of drug-likeness (QED) is 0.313. The van der Waals surface area contributed by atoms with Crippen LogP contribution in [0.3, 0.4) is 0 Å². The number of halogens is 3. The number of rotatable bonds is 8. The SMILES string of the molecule is O=C(Nc1cccc(OC[C@H](O)CO)c1)c1c[nH+]cc2[nH]c(-c3ccc(F)cc3C(F)F)nc12. The summed E-state index contributed by atoms with van der Waals surface area (Å²) in [5, 5.41) is 21.0. The Labute approximate surface area is 191 Å². The number of pyridine rings is 1. The van der Waals surface area contributed by atoms with E-state index in [1.165, 1.54) is 24.5 Å². The molecule has 0 spiro atoms. The molecule has 0 radical (unpaired) electrons. The van der Waals surface area contributed by atoms with Crippen LogP contribution < -0.4 is 15.0 Å². The van der Waals surface area contributed by atoms with Gasteiger partial charge in [0, 0.05) is 22.9 Å². The number of aromatic amines is 2. The molecule has 2 aromatic carbocycles. The fourth-order valence-corrected chi connectivity index (χ4v) is 3.31. The van der Waals surface area contributed by atoms with Crippen molar-refractivity contribution in [2.75, 3.05) is 18.5 Å². The van der Waals surface area contributed by atoms with E-state index in [-0.39, 0.29) is 29.1 Å². The van der Waals surface area contributed by atoms with Gasteiger partial charge < -0.3 is 25.3 Å². The molecule has 0 aliphatic carbocycles. The maximum absolute atomic E-state index is 13.5. The molecule has 0 aliphatic heterocycles. The fraction of sp³-hybridized carbons (Fsp3) is 0.174. The summed E-state index contributed by atoms with van der Waals surface area (Å²) in [5.41, 5.74) is 0.664. The van der Waals surface area contributed by atoms with Gasteiger partial charge in [0.25, 0.3) is 12.3 Å². The number of hydrogen-bond donors (Lipinski definition) is 4. The maximum Gasteiger partial charge on any atom is 0.264 e. The first-order valence-corrected chi connectivity index (χ1v) is 10.2. The lowest BCUT2D eigenvalue weighted by atomic mass is 10.1. The van der Waals surface area contributed by atoms with Crippen LogP contribution in [0.2, 0.25) is 0 Å². The van der Waals surface area contributed by atoms with Crippen LogP contribution in [0.25, 0.3) is 22.4 Å². The standard InChI is InChI=1S/C23H19F3N4O4/c24-12-4-5-16(17(6-12)21(25)26)22-29-19-9-27-8-18(20(19)30-22)23(33)28-13-2-1-3-15(7-13)34-11-14(32)10-31/h1-9,14,21,31-32H,10-11H2,(H,28,33)(H,29,30)/p+1/t14-/m1/s1. The molecule has 2 heterocycles. The molecule has 0 saturated carbocycles. The monoisotopic (exact) mass is 473 g/mol. The number of nitrogens with one attached hydrogen (secondary N) is 3. The summed E-state index contributed by atoms with van der Waals surface area (Å²) in [6.07, 6.45) is -1.01. The minimum Gasteiger partial charge on any atom is -0.491 e. The smallest absolute Gasteiger partial charge is 0.264 e. The Morgan fingerprint density at radius 3 is 2.79 bits per heavy atom. The fourth-order valence-electron chi connectivity index (χ4n) is 3.31. The summed E-state index contributed by atoms with van der Waals surface area (Å²) >= 11 is 0. The van der Waals surface area contributed by atoms with E-state index in [9.17, 15) is 23.1 Å². The number of aliphatic hydroxyl groups excluding tert-OH is 2. The van der Waals surface area contributed by atoms with Gasteiger partial charge in [-0.05, 0) is 30.3 Å². The van der Waals surface area contributed by atoms with Crippen LogP contribution in [-0.2, 0) is 0 Å². The number of carbonyl (C=O) groups is 1. The molecule has 0 aliphatic rings. The molecule has 0 fully saturated rings. The molecule has 5 N–H and O–H groups in total. The Balaban J connectivity index is 1.61. The number of alkyl halides is 2. The number of anilines is 1. The Hall–Kier alpha value is -3.96. The van der Waals surface area contributed by atoms with Crippen molar-refractivity contribution in [3.05, 3.63) is 71.8 Å². The zero-order chi connectivity index (χ0) is 24.2. The zero-order valence-electron chi connectivity index (χ0n) is 17.6. The number of carbonyl (C=O) groups excluding carboxylic acids is 1. The van der Waals surface area contributed by atoms with Gasteiger partial charge in [-0.15, -0.1) is 0 Å². The molecular formula is C23H20F3N4O4+. The van der Waals surface area contributed by atoms with Gasteiger partial charge >= 0.3 is 0 Å². The van der Waals surface area contributed by atoms with Crippen LogP contribution in [0.15, 0.2) is 54.9 Å². The highest BCUT2D eigenvalue weighted by molar-refractivity contribution is 6.11. The number of imidazole rings is 1. The third kappa shape index (κ3) is 5.00. The first-order valence-electron chi connectivity index (χ1n) is 10.2. The molecule has 4 rings (SSSR count). The van der Waals surface area contributed by atoms with Gasteiger partial charge in [0.2, 0.25) is 0 Å². The average Bonchev–Trinajstić information content (AvgIpc) is 3.26. The van der Waals surface area contributed by atoms with Crippen LogP contribution in [0.1, 0.15) is 22.3 Å². The molecule has 2 aromatic heterocycles. The Morgan fingerprint density at radius 2 is 2.03 bits per heavy atom. The third-order valence-corrected chi connectivity index (χ3v) is 4.94. The molecule has 34 heavy (non-hydrogen) atoms. The second-order valence-electron chi connectivity index (χ2n) is 7.38. The summed E-state index contributed by atoms with van der Waals surface area (Å²) in [6.45, 7) is -0.568. The van der Waals surface area contributed by atoms with Crippen molar-refractivity contribution in [1.29, 1.82) is 0 Å². The average molecular weight is 473 g/mol. The number of fused-ring (bicyclic) bond motifs is 1. The van der Waals surface area contributed by atoms with Gasteiger partial charge in [0.05, 0.1) is 6.61 Å². The van der Waals surface area contributed by atoms with Crippen molar-refractivity contribution in [3.63, 3.8) is 0 Å². The van der Waals surface area contributed by atoms with Gasteiger partial charge in [-0.25, -0.2) is 23.1 Å². The van der Waals surface area contributed by atoms with Crippen molar-refractivity contribution in [2.45, 2.75) is 12.5 Å². The molecule has 0 unspecified atom stereocenters. The normalized spacial score (nSPS) is 12.2. The molecule has 176 valence electrons. The third-order valence-electron chi connectivity index (χ3n) is 4.94. The summed E-state index contributed by atoms with van der Waals surface area (Å²) in [6, 6.07) is 9.44. The molecule has 0 saturated heterocycles. The van der Waals surface area contributed by atoms with Crippen molar-refractivity contribution < 1.29 is 37.9 Å². The molecule has 0 bridgehead atoms. The number of aromatic nitrogens is 3. The van der Waals surface area contributed by atoms with Gasteiger partial charge in [-0.2, -0.15) is 0 Å². The lowest BCUT2D eigenvalue weighted by Gasteiger charge is -2.11. The highest BCUT2D eigenvalue weighted by atomic mass is 19.3. The van der Waals surface area contributed by atoms with Crippen molar-refractivity contribution in [2.24, 2.45) is 0 Å². The highest BCUT2D eigenvalue weighted by Crippen LogP contribution is 2.31. The lowest BCUT2D eigenvalue weighted by molar-refractivity contribution is -0.376. The first-order chi connectivity index (χ1) is 16.4. The van der Waals surface area contributed by atoms with Crippen LogP contribution >= 0.6 is 0 Å². The van der Waals surface area contributed by atoms with E-state index in [1.54, 1.807) is 18.2 Å². The van der Waals surface area contributed by atoms with Gasteiger partial charge in [-0.3, -0.25) is 4.79 Å². The Bertz CT molecular complexity index is 1330. The zero-order valence-corrected chi connectivity index (χ0v) is 17.6. The van der Waals surface area contributed by atoms with E-state index in [0.717, 1.165) is 12.1 Å². The second-order valence-corrected chi connectivity index (χ2v) is 7.38. The van der Waals surface area contributed by atoms with E-state index >= 15 is 0 Å². The number of aliphatic hydroxyl groups is 2. The largest absolute Gasteiger partial charge is 0.491 e. The van der Waals surface area contributed by atoms with Crippen LogP contribution in [0.5, 0.6) is 5.75 Å². The summed E-state index contributed by atoms with van der Waals surface area (Å²) in [7, 11) is 0. The number of hydrogen-bond acceptors (Lipinski definition) is 5. The van der Waals surface area contributed by atoms with E-state index in [1.807, 2.05) is 0 Å². The molecule has 4 aromatic rings. The van der Waals surface area contributed by atoms with Gasteiger partial charge in [0.15, 0.2) is 12.4 Å². The second kappa shape index (κ2) is 9.89. The topological polar surface area (TPSA) is 122 Å². The predicted molar refractivity (Wildman–Crippen MR) is 116 cm³/mol. The Kier molecular flexibility index (Phi) is 6.75. The predicted octanol–water partition coefficient (Wildman–Crippen LogP) is 3.11. The molecule has 8 nitrogen and oxygen atoms in total. The minimum absolute atomic E-state index is 0.0221. The van der Waals surface area contributed by atoms with Crippen molar-refractivity contribution in [3.8, 4) is 17.1 Å². The lowest BCUT2D eigenvalue weighted by Crippen LogP contribution is -2.21. The number of nitrogens with zero attached hydrogens (tertiary/aromatic N) is 1. The molecule has 1 amide bonds. The molecule has 1 atom stereocenters. The number of ether oxygens (including phenoxy) is 1. The Morgan fingerprint density at radius 1 is 1.21 bits per heavy atom. The number of H-pyrrole nitrogens is 2. The van der Waals surface area contributed by atoms with Gasteiger partial charge in [0.1, 0.15) is 46.7 Å². The number of amides is 1. The van der Waals surface area contributed by atoms with E-state index < -0.39 is 36.4 Å². The van der Waals surface area contributed by atoms with E-state index in [2.05, 4.69) is 20.3 Å². The van der Waals surface area contributed by atoms with Crippen LogP contribution in [-0.4, -0.2) is 45.4 Å². The maximum atomic E-state index is 13.5. The van der Waals surface area contributed by atoms with Crippen molar-refractivity contribution in [1.82, 2.24) is 9.97 Å². The minimum atomic E-state index is -2.92. The van der Waals surface area contributed by atoms with Crippen molar-refractivity contribution >= 4 is 22.6 Å². The van der Waals surface area contributed by atoms with E-state index in [0.29, 0.717) is 17.0 Å². The first kappa shape index (κ1) is 23.2. The van der Waals surface area contributed by atoms with Crippen LogP contribution in [0.4, 0.5) is 18.9 Å². The molecule has 11 heteroatoms. The molecular weight excluding hydrogens is 453 g/mol. The highest BCUT2D eigenvalue weighted by Gasteiger charge is 2.22. The summed E-state index contributed by atoms with van der Waals surface area (Å²) in [5.74, 6) is -0.883. The van der Waals surface area contributed by atoms with Gasteiger partial charge in [-0.1, -0.05) is 6.07 Å². The summed E-state index contributed by atoms with van der Waals surface area (Å²) < 4.78 is 45.7. The van der Waals surface area contributed by atoms with E-state index in [4.69, 9.17) is 9.84 Å².